The highest BCUT2D eigenvalue weighted by molar-refractivity contribution is 7.71. The van der Waals surface area contributed by atoms with Crippen molar-refractivity contribution in [3.8, 4) is 0 Å². The molecule has 0 aromatic carbocycles. The number of imidazole rings is 1. The molecule has 0 aliphatic rings. The minimum absolute atomic E-state index is 0.522. The zero-order chi connectivity index (χ0) is 12.6. The number of rotatable bonds is 4. The summed E-state index contributed by atoms with van der Waals surface area (Å²) in [6.07, 6.45) is 2.85. The molecular weight excluding hydrogens is 262 g/mol. The Kier molecular flexibility index (Phi) is 3.42. The van der Waals surface area contributed by atoms with Crippen LogP contribution in [0, 0.1) is 0 Å². The van der Waals surface area contributed by atoms with Gasteiger partial charge in [0.15, 0.2) is 0 Å². The van der Waals surface area contributed by atoms with Crippen LogP contribution in [0.25, 0.3) is 0 Å². The highest BCUT2D eigenvalue weighted by Crippen LogP contribution is 2.71. The number of aromatic nitrogens is 2. The summed E-state index contributed by atoms with van der Waals surface area (Å²) >= 11 is 0. The van der Waals surface area contributed by atoms with Crippen molar-refractivity contribution in [3.05, 3.63) is 18.7 Å². The standard InChI is InChI=1S/C5H10N2O7P2/c8-3-5(15(9,10)11,16(12,13)14)7-2-1-6-4-7/h1-2,4,8H,3H2,(H2,9,10,11)(H2,12,13,14). The molecule has 1 aromatic rings. The van der Waals surface area contributed by atoms with E-state index in [1.54, 1.807) is 0 Å². The molecule has 1 rings (SSSR count). The van der Waals surface area contributed by atoms with Gasteiger partial charge in [-0.3, -0.25) is 9.13 Å². The van der Waals surface area contributed by atoms with Crippen LogP contribution in [0.15, 0.2) is 18.7 Å². The Labute approximate surface area is 89.7 Å². The third-order valence-electron chi connectivity index (χ3n) is 2.06. The number of nitrogens with zero attached hydrogens (tertiary/aromatic N) is 2. The summed E-state index contributed by atoms with van der Waals surface area (Å²) in [4.78, 5) is 39.6. The molecule has 0 radical (unpaired) electrons. The first-order valence-corrected chi connectivity index (χ1v) is 7.10. The lowest BCUT2D eigenvalue weighted by Gasteiger charge is -2.33. The summed E-state index contributed by atoms with van der Waals surface area (Å²) < 4.78 is 23.0. The summed E-state index contributed by atoms with van der Waals surface area (Å²) in [6, 6.07) is 0. The monoisotopic (exact) mass is 272 g/mol. The maximum Gasteiger partial charge on any atom is 0.366 e. The molecule has 0 atom stereocenters. The minimum atomic E-state index is -5.31. The van der Waals surface area contributed by atoms with Gasteiger partial charge in [0.1, 0.15) is 0 Å². The second kappa shape index (κ2) is 4.05. The summed E-state index contributed by atoms with van der Waals surface area (Å²) in [5.41, 5.74) is 0. The van der Waals surface area contributed by atoms with Crippen LogP contribution in [0.2, 0.25) is 0 Å². The van der Waals surface area contributed by atoms with Gasteiger partial charge in [0.05, 0.1) is 12.9 Å². The van der Waals surface area contributed by atoms with Crippen LogP contribution in [0.1, 0.15) is 0 Å². The Morgan fingerprint density at radius 2 is 1.69 bits per heavy atom. The molecule has 9 nitrogen and oxygen atoms in total. The largest absolute Gasteiger partial charge is 0.392 e. The smallest absolute Gasteiger partial charge is 0.366 e. The summed E-state index contributed by atoms with van der Waals surface area (Å²) in [5, 5.41) is 5.97. The van der Waals surface area contributed by atoms with Crippen molar-refractivity contribution >= 4 is 15.2 Å². The first-order chi connectivity index (χ1) is 7.17. The zero-order valence-electron chi connectivity index (χ0n) is 7.78. The lowest BCUT2D eigenvalue weighted by molar-refractivity contribution is 0.186. The van der Waals surface area contributed by atoms with Gasteiger partial charge in [-0.1, -0.05) is 0 Å². The van der Waals surface area contributed by atoms with Crippen molar-refractivity contribution in [3.63, 3.8) is 0 Å². The van der Waals surface area contributed by atoms with Crippen LogP contribution in [0.3, 0.4) is 0 Å². The Bertz CT molecular complexity index is 423. The topological polar surface area (TPSA) is 153 Å². The van der Waals surface area contributed by atoms with E-state index in [-0.39, 0.29) is 0 Å². The van der Waals surface area contributed by atoms with E-state index in [0.717, 1.165) is 18.7 Å². The Morgan fingerprint density at radius 1 is 1.19 bits per heavy atom. The molecule has 0 spiro atoms. The molecule has 0 bridgehead atoms. The van der Waals surface area contributed by atoms with Crippen molar-refractivity contribution in [1.29, 1.82) is 0 Å². The van der Waals surface area contributed by atoms with Crippen molar-refractivity contribution in [2.24, 2.45) is 0 Å². The van der Waals surface area contributed by atoms with Gasteiger partial charge in [-0.25, -0.2) is 4.98 Å². The van der Waals surface area contributed by atoms with Gasteiger partial charge in [0.2, 0.25) is 0 Å². The van der Waals surface area contributed by atoms with Gasteiger partial charge in [-0.05, 0) is 0 Å². The predicted molar refractivity (Wildman–Crippen MR) is 51.4 cm³/mol. The molecule has 1 heterocycles. The lowest BCUT2D eigenvalue weighted by Crippen LogP contribution is -2.36. The third-order valence-corrected chi connectivity index (χ3v) is 6.24. The molecule has 0 saturated heterocycles. The SMILES string of the molecule is O=P(O)(O)C(CO)(n1ccnc1)P(=O)(O)O. The fourth-order valence-corrected chi connectivity index (χ4v) is 3.77. The van der Waals surface area contributed by atoms with Crippen molar-refractivity contribution < 1.29 is 33.8 Å². The van der Waals surface area contributed by atoms with Crippen LogP contribution in [0.5, 0.6) is 0 Å². The number of hydrogen-bond acceptors (Lipinski definition) is 4. The van der Waals surface area contributed by atoms with Gasteiger partial charge in [0.25, 0.3) is 5.02 Å². The maximum atomic E-state index is 11.2. The maximum absolute atomic E-state index is 11.2. The molecule has 0 unspecified atom stereocenters. The van der Waals surface area contributed by atoms with Gasteiger partial charge in [-0.2, -0.15) is 0 Å². The molecule has 5 N–H and O–H groups in total. The van der Waals surface area contributed by atoms with Gasteiger partial charge >= 0.3 is 15.2 Å². The Morgan fingerprint density at radius 3 is 1.94 bits per heavy atom. The number of aliphatic hydroxyl groups is 1. The second-order valence-electron chi connectivity index (χ2n) is 2.99. The molecule has 0 aliphatic carbocycles. The normalized spacial score (nSPS) is 14.1. The fraction of sp³-hybridized carbons (Fsp3) is 0.400. The summed E-state index contributed by atoms with van der Waals surface area (Å²) in [7, 11) is -10.6. The molecule has 0 aliphatic heterocycles. The van der Waals surface area contributed by atoms with Crippen LogP contribution >= 0.6 is 15.2 Å². The molecule has 92 valence electrons. The first kappa shape index (κ1) is 13.5. The number of aliphatic hydroxyl groups excluding tert-OH is 1. The molecule has 0 fully saturated rings. The molecule has 11 heteroatoms. The van der Waals surface area contributed by atoms with Crippen LogP contribution in [-0.2, 0) is 14.2 Å². The predicted octanol–water partition coefficient (Wildman–Crippen LogP) is -1.16. The van der Waals surface area contributed by atoms with E-state index in [4.69, 9.17) is 24.7 Å². The van der Waals surface area contributed by atoms with E-state index in [0.29, 0.717) is 4.57 Å². The first-order valence-electron chi connectivity index (χ1n) is 3.87. The van der Waals surface area contributed by atoms with E-state index in [1.807, 2.05) is 0 Å². The summed E-state index contributed by atoms with van der Waals surface area (Å²) in [6.45, 7) is -1.42. The molecule has 1 aromatic heterocycles. The van der Waals surface area contributed by atoms with Crippen LogP contribution in [0.4, 0.5) is 0 Å². The average molecular weight is 272 g/mol. The molecule has 0 amide bonds. The van der Waals surface area contributed by atoms with E-state index < -0.39 is 26.8 Å². The Hall–Kier alpha value is -0.530. The summed E-state index contributed by atoms with van der Waals surface area (Å²) in [5.74, 6) is 0. The van der Waals surface area contributed by atoms with Crippen LogP contribution in [-0.4, -0.2) is 40.8 Å². The lowest BCUT2D eigenvalue weighted by atomic mass is 10.6. The highest BCUT2D eigenvalue weighted by atomic mass is 31.2. The minimum Gasteiger partial charge on any atom is -0.392 e. The number of hydrogen-bond donors (Lipinski definition) is 5. The highest BCUT2D eigenvalue weighted by Gasteiger charge is 2.61. The van der Waals surface area contributed by atoms with Crippen molar-refractivity contribution in [2.45, 2.75) is 5.02 Å². The fourth-order valence-electron chi connectivity index (χ4n) is 1.21. The quantitative estimate of drug-likeness (QED) is 0.430. The van der Waals surface area contributed by atoms with Crippen molar-refractivity contribution in [1.82, 2.24) is 9.55 Å². The van der Waals surface area contributed by atoms with Crippen LogP contribution < -0.4 is 0 Å². The average Bonchev–Trinajstić information content (AvgIpc) is 2.53. The second-order valence-corrected chi connectivity index (χ2v) is 7.00. The Balaban J connectivity index is 3.57. The third kappa shape index (κ3) is 1.87. The van der Waals surface area contributed by atoms with Gasteiger partial charge in [-0.15, -0.1) is 0 Å². The van der Waals surface area contributed by atoms with E-state index in [1.165, 1.54) is 0 Å². The van der Waals surface area contributed by atoms with E-state index in [2.05, 4.69) is 4.98 Å². The van der Waals surface area contributed by atoms with E-state index in [9.17, 15) is 9.13 Å². The molecular formula is C5H10N2O7P2. The van der Waals surface area contributed by atoms with E-state index >= 15 is 0 Å². The molecule has 0 saturated carbocycles. The van der Waals surface area contributed by atoms with Gasteiger partial charge < -0.3 is 29.2 Å². The van der Waals surface area contributed by atoms with Gasteiger partial charge in [0, 0.05) is 12.4 Å². The molecule has 16 heavy (non-hydrogen) atoms. The zero-order valence-corrected chi connectivity index (χ0v) is 9.57. The van der Waals surface area contributed by atoms with Crippen molar-refractivity contribution in [2.75, 3.05) is 6.61 Å².